The molecule has 2 N–H and O–H groups in total. The molecule has 2 heterocycles. The number of hydrogen-bond donors (Lipinski definition) is 2. The summed E-state index contributed by atoms with van der Waals surface area (Å²) in [5.74, 6) is 0.929. The molecule has 2 aliphatic heterocycles. The molecule has 0 aliphatic carbocycles. The Morgan fingerprint density at radius 1 is 1.21 bits per heavy atom. The minimum absolute atomic E-state index is 0.00384. The van der Waals surface area contributed by atoms with E-state index < -0.39 is 16.1 Å². The largest absolute Gasteiger partial charge is 0.487 e. The van der Waals surface area contributed by atoms with Crippen LogP contribution >= 0.6 is 11.6 Å². The average Bonchev–Trinajstić information content (AvgIpc) is 3.25. The summed E-state index contributed by atoms with van der Waals surface area (Å²) in [6.07, 6.45) is 2.58. The summed E-state index contributed by atoms with van der Waals surface area (Å²) in [5.41, 5.74) is 0.943. The van der Waals surface area contributed by atoms with Gasteiger partial charge in [-0.1, -0.05) is 49.2 Å². The summed E-state index contributed by atoms with van der Waals surface area (Å²) >= 11 is 6.43. The van der Waals surface area contributed by atoms with Crippen LogP contribution in [0.2, 0.25) is 5.02 Å². The molecule has 184 valence electrons. The van der Waals surface area contributed by atoms with Gasteiger partial charge in [-0.3, -0.25) is 0 Å². The van der Waals surface area contributed by atoms with Crippen molar-refractivity contribution in [3.8, 4) is 5.75 Å². The van der Waals surface area contributed by atoms with Crippen LogP contribution in [0, 0.1) is 12.8 Å². The van der Waals surface area contributed by atoms with Gasteiger partial charge in [-0.25, -0.2) is 17.9 Å². The first-order valence-corrected chi connectivity index (χ1v) is 13.3. The van der Waals surface area contributed by atoms with Gasteiger partial charge in [0.05, 0.1) is 10.5 Å². The van der Waals surface area contributed by atoms with Crippen molar-refractivity contribution in [1.29, 1.82) is 0 Å². The van der Waals surface area contributed by atoms with Crippen LogP contribution in [-0.2, 0) is 21.3 Å². The SMILES string of the molecule is Cc1ccc(S(=O)(=O)NC(=O)NCc2c(Cl)cccc2O[C@H]2C[C@]3(C(C)C)CC[C@]2(C)O3)cc1. The normalized spacial score (nSPS) is 26.0. The third-order valence-corrected chi connectivity index (χ3v) is 8.78. The van der Waals surface area contributed by atoms with Crippen LogP contribution in [0.25, 0.3) is 0 Å². The molecular formula is C25H31ClN2O5S. The van der Waals surface area contributed by atoms with Gasteiger partial charge in [0.25, 0.3) is 10.0 Å². The van der Waals surface area contributed by atoms with Crippen molar-refractivity contribution in [2.24, 2.45) is 5.92 Å². The lowest BCUT2D eigenvalue weighted by molar-refractivity contribution is -0.0770. The van der Waals surface area contributed by atoms with Crippen molar-refractivity contribution in [2.75, 3.05) is 0 Å². The zero-order valence-electron chi connectivity index (χ0n) is 19.9. The lowest BCUT2D eigenvalue weighted by Crippen LogP contribution is -2.41. The first-order chi connectivity index (χ1) is 15.9. The second-order valence-corrected chi connectivity index (χ2v) is 11.9. The number of nitrogens with one attached hydrogen (secondary N) is 2. The fraction of sp³-hybridized carbons (Fsp3) is 0.480. The molecule has 2 saturated heterocycles. The molecule has 2 aliphatic rings. The Balaban J connectivity index is 1.45. The molecule has 2 fully saturated rings. The monoisotopic (exact) mass is 506 g/mol. The summed E-state index contributed by atoms with van der Waals surface area (Å²) in [6.45, 7) is 8.29. The molecule has 2 aromatic rings. The molecule has 0 radical (unpaired) electrons. The average molecular weight is 507 g/mol. The molecule has 3 atom stereocenters. The van der Waals surface area contributed by atoms with Crippen molar-refractivity contribution in [2.45, 2.75) is 75.7 Å². The van der Waals surface area contributed by atoms with Crippen LogP contribution in [0.4, 0.5) is 4.79 Å². The second-order valence-electron chi connectivity index (χ2n) is 9.76. The molecule has 0 aromatic heterocycles. The number of halogens is 1. The minimum Gasteiger partial charge on any atom is -0.487 e. The van der Waals surface area contributed by atoms with Crippen LogP contribution in [-0.4, -0.2) is 31.8 Å². The molecule has 7 nitrogen and oxygen atoms in total. The van der Waals surface area contributed by atoms with Gasteiger partial charge >= 0.3 is 6.03 Å². The van der Waals surface area contributed by atoms with Crippen LogP contribution in [0.5, 0.6) is 5.75 Å². The molecule has 2 amide bonds. The molecule has 0 unspecified atom stereocenters. The number of ether oxygens (including phenoxy) is 2. The molecule has 4 rings (SSSR count). The standard InChI is InChI=1S/C25H31ClN2O5S/c1-16(2)25-13-12-24(4,33-25)22(14-25)32-21-7-5-6-20(26)19(21)15-27-23(29)28-34(30,31)18-10-8-17(3)9-11-18/h5-11,16,22H,12-15H2,1-4H3,(H2,27,28,29)/t22-,24-,25-/m0/s1. The number of carbonyl (C=O) groups excluding carboxylic acids is 1. The topological polar surface area (TPSA) is 93.7 Å². The van der Waals surface area contributed by atoms with Gasteiger partial charge in [0.15, 0.2) is 0 Å². The Labute approximate surface area is 206 Å². The highest BCUT2D eigenvalue weighted by Gasteiger charge is 2.61. The highest BCUT2D eigenvalue weighted by molar-refractivity contribution is 7.90. The molecule has 2 bridgehead atoms. The van der Waals surface area contributed by atoms with Crippen molar-refractivity contribution in [1.82, 2.24) is 10.0 Å². The van der Waals surface area contributed by atoms with E-state index in [1.807, 2.05) is 11.6 Å². The number of fused-ring (bicyclic) bond motifs is 2. The summed E-state index contributed by atoms with van der Waals surface area (Å²) in [6, 6.07) is 10.7. The lowest BCUT2D eigenvalue weighted by Gasteiger charge is -2.32. The first-order valence-electron chi connectivity index (χ1n) is 11.5. The maximum atomic E-state index is 12.5. The van der Waals surface area contributed by atoms with E-state index in [9.17, 15) is 13.2 Å². The minimum atomic E-state index is -3.99. The van der Waals surface area contributed by atoms with Crippen molar-refractivity contribution in [3.63, 3.8) is 0 Å². The Bertz CT molecular complexity index is 1180. The lowest BCUT2D eigenvalue weighted by atomic mass is 9.75. The predicted molar refractivity (Wildman–Crippen MR) is 131 cm³/mol. The molecule has 0 saturated carbocycles. The van der Waals surface area contributed by atoms with Gasteiger partial charge in [-0.15, -0.1) is 0 Å². The van der Waals surface area contributed by atoms with Gasteiger partial charge < -0.3 is 14.8 Å². The molecular weight excluding hydrogens is 476 g/mol. The summed E-state index contributed by atoms with van der Waals surface area (Å²) in [5, 5.41) is 3.01. The fourth-order valence-corrected chi connectivity index (χ4v) is 5.97. The third-order valence-electron chi connectivity index (χ3n) is 7.07. The quantitative estimate of drug-likeness (QED) is 0.554. The molecule has 2 aromatic carbocycles. The third kappa shape index (κ3) is 4.76. The Kier molecular flexibility index (Phi) is 6.61. The highest BCUT2D eigenvalue weighted by atomic mass is 35.5. The van der Waals surface area contributed by atoms with E-state index in [2.05, 4.69) is 26.1 Å². The van der Waals surface area contributed by atoms with E-state index in [1.54, 1.807) is 30.3 Å². The van der Waals surface area contributed by atoms with E-state index in [4.69, 9.17) is 21.1 Å². The number of urea groups is 1. The zero-order valence-corrected chi connectivity index (χ0v) is 21.4. The number of rotatable bonds is 7. The van der Waals surface area contributed by atoms with E-state index >= 15 is 0 Å². The Hall–Kier alpha value is -2.29. The molecule has 34 heavy (non-hydrogen) atoms. The number of benzene rings is 2. The first kappa shape index (κ1) is 24.8. The second kappa shape index (κ2) is 9.06. The maximum absolute atomic E-state index is 12.5. The maximum Gasteiger partial charge on any atom is 0.328 e. The highest BCUT2D eigenvalue weighted by Crippen LogP contribution is 2.55. The van der Waals surface area contributed by atoms with Crippen LogP contribution in [0.15, 0.2) is 47.4 Å². The summed E-state index contributed by atoms with van der Waals surface area (Å²) in [4.78, 5) is 12.4. The zero-order chi connectivity index (χ0) is 24.7. The van der Waals surface area contributed by atoms with E-state index in [0.29, 0.717) is 22.3 Å². The van der Waals surface area contributed by atoms with E-state index in [-0.39, 0.29) is 28.7 Å². The number of hydrogen-bond acceptors (Lipinski definition) is 5. The van der Waals surface area contributed by atoms with Crippen LogP contribution in [0.3, 0.4) is 0 Å². The van der Waals surface area contributed by atoms with Gasteiger partial charge in [0.1, 0.15) is 17.5 Å². The Morgan fingerprint density at radius 3 is 2.56 bits per heavy atom. The number of amides is 2. The van der Waals surface area contributed by atoms with Crippen molar-refractivity contribution >= 4 is 27.7 Å². The van der Waals surface area contributed by atoms with Crippen molar-refractivity contribution in [3.05, 3.63) is 58.6 Å². The van der Waals surface area contributed by atoms with Crippen molar-refractivity contribution < 1.29 is 22.7 Å². The van der Waals surface area contributed by atoms with Gasteiger partial charge in [0.2, 0.25) is 0 Å². The number of sulfonamides is 1. The van der Waals surface area contributed by atoms with Gasteiger partial charge in [-0.05, 0) is 56.9 Å². The van der Waals surface area contributed by atoms with Crippen LogP contribution in [0.1, 0.15) is 51.2 Å². The summed E-state index contributed by atoms with van der Waals surface area (Å²) < 4.78 is 39.9. The smallest absolute Gasteiger partial charge is 0.328 e. The fourth-order valence-electron chi connectivity index (χ4n) is 4.81. The molecule has 9 heteroatoms. The van der Waals surface area contributed by atoms with Crippen LogP contribution < -0.4 is 14.8 Å². The number of carbonyl (C=O) groups is 1. The van der Waals surface area contributed by atoms with E-state index in [0.717, 1.165) is 24.8 Å². The van der Waals surface area contributed by atoms with E-state index in [1.165, 1.54) is 12.1 Å². The van der Waals surface area contributed by atoms with Gasteiger partial charge in [-0.2, -0.15) is 0 Å². The van der Waals surface area contributed by atoms with Gasteiger partial charge in [0, 0.05) is 23.6 Å². The Morgan fingerprint density at radius 2 is 1.91 bits per heavy atom. The number of aryl methyl sites for hydroxylation is 1. The molecule has 0 spiro atoms. The summed E-state index contributed by atoms with van der Waals surface area (Å²) in [7, 11) is -3.99. The predicted octanol–water partition coefficient (Wildman–Crippen LogP) is 4.95.